The van der Waals surface area contributed by atoms with Crippen LogP contribution in [0, 0.1) is 20.5 Å². The van der Waals surface area contributed by atoms with Gasteiger partial charge in [0.1, 0.15) is 0 Å². The number of nitrogens with one attached hydrogen (secondary N) is 4. The molecule has 0 saturated heterocycles. The molecule has 0 fully saturated rings. The van der Waals surface area contributed by atoms with E-state index in [0.717, 1.165) is 78.0 Å². The van der Waals surface area contributed by atoms with Gasteiger partial charge in [0.2, 0.25) is 0 Å². The summed E-state index contributed by atoms with van der Waals surface area (Å²) in [6.07, 6.45) is 4.32. The molecule has 0 aliphatic rings. The molecule has 0 aromatic heterocycles. The van der Waals surface area contributed by atoms with Crippen LogP contribution in [0.25, 0.3) is 31.9 Å². The van der Waals surface area contributed by atoms with E-state index in [0.29, 0.717) is 0 Å². The summed E-state index contributed by atoms with van der Waals surface area (Å²) < 4.78 is 67.9. The summed E-state index contributed by atoms with van der Waals surface area (Å²) in [4.78, 5) is 3.00. The predicted octanol–water partition coefficient (Wildman–Crippen LogP) is -9.57. The minimum absolute atomic E-state index is 0. The summed E-state index contributed by atoms with van der Waals surface area (Å²) in [6.45, 7) is 7.32. The maximum Gasteiger partial charge on any atom is 2.00 e. The van der Waals surface area contributed by atoms with E-state index in [1.165, 1.54) is 9.82 Å². The number of nitrogens with zero attached hydrogens (tertiary/aromatic N) is 6. The third-order valence-electron chi connectivity index (χ3n) is 2.52. The zero-order valence-electron chi connectivity index (χ0n) is 24.1. The third-order valence-corrected chi connectivity index (χ3v) is 2.52. The van der Waals surface area contributed by atoms with Crippen LogP contribution in [0.2, 0.25) is 0 Å². The SMILES string of the molecule is CNCCCN.CNCCCN.CNCCCN.CNCCCN.[N-]=[N+]=[N-].[N-]=[N+]=[N-].[Ni+2].[Ni+2].[O-][Cl+3]([O-])([O-])[O-].[O-][Cl+3]([O-])([O-])[O-]. The number of halogens is 2. The Bertz CT molecular complexity index is 384. The summed E-state index contributed by atoms with van der Waals surface area (Å²) in [5.74, 6) is 0. The van der Waals surface area contributed by atoms with E-state index in [1.54, 1.807) is 0 Å². The normalized spacial score (nSPS) is 8.38. The Morgan fingerprint density at radius 2 is 0.548 bits per heavy atom. The van der Waals surface area contributed by atoms with Crippen LogP contribution >= 0.6 is 0 Å². The Morgan fingerprint density at radius 3 is 0.571 bits per heavy atom. The molecule has 0 atom stereocenters. The van der Waals surface area contributed by atoms with Crippen LogP contribution in [-0.4, -0.2) is 80.5 Å². The van der Waals surface area contributed by atoms with Crippen molar-refractivity contribution in [2.24, 2.45) is 22.9 Å². The summed E-state index contributed by atoms with van der Waals surface area (Å²) in [7, 11) is -2.18. The van der Waals surface area contributed by atoms with Crippen LogP contribution in [0.5, 0.6) is 0 Å². The Labute approximate surface area is 272 Å². The molecule has 0 spiro atoms. The summed E-state index contributed by atoms with van der Waals surface area (Å²) in [5, 5.41) is 12.0. The Kier molecular flexibility index (Phi) is 119. The van der Waals surface area contributed by atoms with Gasteiger partial charge in [0.25, 0.3) is 0 Å². The van der Waals surface area contributed by atoms with Crippen molar-refractivity contribution in [2.75, 3.05) is 80.5 Å². The van der Waals surface area contributed by atoms with Gasteiger partial charge < -0.3 is 66.3 Å². The van der Waals surface area contributed by atoms with Gasteiger partial charge in [-0.25, -0.2) is 37.3 Å². The second kappa shape index (κ2) is 72.6. The van der Waals surface area contributed by atoms with Crippen LogP contribution in [0.15, 0.2) is 0 Å². The van der Waals surface area contributed by atoms with E-state index in [4.69, 9.17) is 82.3 Å². The maximum atomic E-state index is 8.49. The first-order chi connectivity index (χ1) is 18.5. The molecule has 0 aliphatic carbocycles. The van der Waals surface area contributed by atoms with Gasteiger partial charge >= 0.3 is 33.0 Å². The molecule has 0 rings (SSSR count). The molecule has 26 heteroatoms. The summed E-state index contributed by atoms with van der Waals surface area (Å²) >= 11 is 0. The van der Waals surface area contributed by atoms with Crippen molar-refractivity contribution in [3.8, 4) is 0 Å². The molecular formula is C16H48Cl2N14Ni2O8. The molecule has 0 saturated carbocycles. The molecule has 0 amide bonds. The number of hydrogen-bond donors (Lipinski definition) is 8. The van der Waals surface area contributed by atoms with Crippen molar-refractivity contribution in [3.05, 3.63) is 31.9 Å². The molecule has 0 unspecified atom stereocenters. The molecule has 12 N–H and O–H groups in total. The van der Waals surface area contributed by atoms with E-state index in [9.17, 15) is 0 Å². The van der Waals surface area contributed by atoms with Gasteiger partial charge in [0.05, 0.1) is 0 Å². The minimum Gasteiger partial charge on any atom is -0.373 e. The van der Waals surface area contributed by atoms with Crippen LogP contribution in [-0.2, 0) is 33.0 Å². The van der Waals surface area contributed by atoms with Crippen molar-refractivity contribution >= 4 is 0 Å². The van der Waals surface area contributed by atoms with E-state index < -0.39 is 20.5 Å². The zero-order chi connectivity index (χ0) is 33.7. The molecule has 42 heavy (non-hydrogen) atoms. The fraction of sp³-hybridized carbons (Fsp3) is 1.00. The largest absolute Gasteiger partial charge is 2.00 e. The molecule has 0 aliphatic heterocycles. The molecular weight excluding hydrogens is 705 g/mol. The van der Waals surface area contributed by atoms with Crippen molar-refractivity contribution in [1.29, 1.82) is 0 Å². The Morgan fingerprint density at radius 1 is 0.452 bits per heavy atom. The van der Waals surface area contributed by atoms with Crippen molar-refractivity contribution in [1.82, 2.24) is 21.3 Å². The first-order valence-electron chi connectivity index (χ1n) is 11.1. The monoisotopic (exact) mass is 750 g/mol. The van der Waals surface area contributed by atoms with Crippen LogP contribution < -0.4 is 81.5 Å². The van der Waals surface area contributed by atoms with Crippen molar-refractivity contribution in [2.45, 2.75) is 25.7 Å². The van der Waals surface area contributed by atoms with Crippen molar-refractivity contribution in [3.63, 3.8) is 0 Å². The van der Waals surface area contributed by atoms with Gasteiger partial charge in [-0.15, -0.1) is 20.5 Å². The minimum atomic E-state index is -4.94. The molecule has 0 heterocycles. The number of nitrogens with two attached hydrogens (primary N) is 4. The number of hydrogen-bond acceptors (Lipinski definition) is 16. The van der Waals surface area contributed by atoms with Gasteiger partial charge in [-0.1, -0.05) is 0 Å². The zero-order valence-corrected chi connectivity index (χ0v) is 27.6. The third kappa shape index (κ3) is 441. The molecule has 264 valence electrons. The first-order valence-corrected chi connectivity index (χ1v) is 13.6. The fourth-order valence-electron chi connectivity index (χ4n) is 1.12. The quantitative estimate of drug-likeness (QED) is 0.0301. The van der Waals surface area contributed by atoms with E-state index in [1.807, 2.05) is 28.2 Å². The summed E-state index contributed by atoms with van der Waals surface area (Å²) in [6, 6.07) is 0. The topological polar surface area (TPSA) is 454 Å². The Balaban J connectivity index is -0.0000000350. The van der Waals surface area contributed by atoms with E-state index in [-0.39, 0.29) is 33.0 Å². The van der Waals surface area contributed by atoms with Gasteiger partial charge in [0.15, 0.2) is 0 Å². The van der Waals surface area contributed by atoms with Gasteiger partial charge in [-0.2, -0.15) is 0 Å². The second-order valence-corrected chi connectivity index (χ2v) is 7.43. The Hall–Kier alpha value is -0.453. The second-order valence-electron chi connectivity index (χ2n) is 5.92. The van der Waals surface area contributed by atoms with Crippen LogP contribution in [0.4, 0.5) is 0 Å². The van der Waals surface area contributed by atoms with Gasteiger partial charge in [-0.3, -0.25) is 9.82 Å². The maximum absolute atomic E-state index is 8.49. The predicted molar refractivity (Wildman–Crippen MR) is 131 cm³/mol. The van der Waals surface area contributed by atoms with Crippen LogP contribution in [0.1, 0.15) is 25.7 Å². The molecule has 0 bridgehead atoms. The number of rotatable bonds is 12. The fourth-order valence-corrected chi connectivity index (χ4v) is 1.12. The molecule has 0 radical (unpaired) electrons. The van der Waals surface area contributed by atoms with E-state index >= 15 is 0 Å². The van der Waals surface area contributed by atoms with E-state index in [2.05, 4.69) is 21.3 Å². The molecule has 0 aromatic carbocycles. The molecule has 0 aromatic rings. The standard InChI is InChI=1S/4C4H12N2.2ClHO4.2N3.2Ni/c4*1-6-4-2-3-5;2*2-1(3,4)5;2*1-3-2;;/h4*6H,2-5H2,1H3;2*(H,2,3,4,5);;;;/q;;;;;;2*-1;2*+2/p-2. The molecule has 22 nitrogen and oxygen atoms in total. The first kappa shape index (κ1) is 68.6. The summed E-state index contributed by atoms with van der Waals surface area (Å²) in [5.41, 5.74) is 47.7. The average molecular weight is 753 g/mol. The van der Waals surface area contributed by atoms with Gasteiger partial charge in [-0.05, 0) is 106 Å². The smallest absolute Gasteiger partial charge is 0.373 e. The van der Waals surface area contributed by atoms with Crippen LogP contribution in [0.3, 0.4) is 0 Å². The average Bonchev–Trinajstić information content (AvgIpc) is 2.84. The van der Waals surface area contributed by atoms with Crippen molar-refractivity contribution < 1.29 is 90.7 Å². The van der Waals surface area contributed by atoms with Gasteiger partial charge in [0, 0.05) is 0 Å².